The van der Waals surface area contributed by atoms with Crippen LogP contribution >= 0.6 is 11.8 Å². The molecule has 0 spiro atoms. The van der Waals surface area contributed by atoms with E-state index in [9.17, 15) is 0 Å². The second-order valence-corrected chi connectivity index (χ2v) is 5.98. The molecular formula is C13H23N3S. The first-order valence-electron chi connectivity index (χ1n) is 6.20. The predicted molar refractivity (Wildman–Crippen MR) is 77.3 cm³/mol. The number of hydrogen-bond acceptors (Lipinski definition) is 4. The molecule has 0 radical (unpaired) electrons. The van der Waals surface area contributed by atoms with E-state index in [0.29, 0.717) is 17.1 Å². The topological polar surface area (TPSA) is 50.9 Å². The molecule has 0 amide bonds. The fraction of sp³-hybridized carbons (Fsp3) is 0.615. The molecule has 4 heteroatoms. The van der Waals surface area contributed by atoms with Crippen LogP contribution in [0.15, 0.2) is 18.3 Å². The molecule has 1 heterocycles. The van der Waals surface area contributed by atoms with E-state index in [2.05, 4.69) is 37.1 Å². The van der Waals surface area contributed by atoms with E-state index in [1.165, 1.54) is 0 Å². The number of nitrogens with zero attached hydrogens (tertiary/aromatic N) is 1. The Bertz CT molecular complexity index is 328. The molecule has 96 valence electrons. The Morgan fingerprint density at radius 2 is 2.24 bits per heavy atom. The summed E-state index contributed by atoms with van der Waals surface area (Å²) in [5.41, 5.74) is 7.06. The summed E-state index contributed by atoms with van der Waals surface area (Å²) in [5.74, 6) is 1.68. The Morgan fingerprint density at radius 1 is 1.47 bits per heavy atom. The average molecular weight is 253 g/mol. The van der Waals surface area contributed by atoms with E-state index >= 15 is 0 Å². The second kappa shape index (κ2) is 7.56. The Labute approximate surface area is 109 Å². The van der Waals surface area contributed by atoms with Gasteiger partial charge in [0.25, 0.3) is 0 Å². The number of pyridine rings is 1. The molecule has 1 aromatic rings. The fourth-order valence-electron chi connectivity index (χ4n) is 1.59. The van der Waals surface area contributed by atoms with Gasteiger partial charge in [-0.05, 0) is 24.3 Å². The lowest BCUT2D eigenvalue weighted by Gasteiger charge is -2.20. The van der Waals surface area contributed by atoms with Gasteiger partial charge in [-0.3, -0.25) is 0 Å². The van der Waals surface area contributed by atoms with Crippen LogP contribution in [0.5, 0.6) is 0 Å². The number of nitrogens with one attached hydrogen (secondary N) is 1. The first-order chi connectivity index (χ1) is 8.15. The minimum Gasteiger partial charge on any atom is -0.383 e. The third-order valence-corrected chi connectivity index (χ3v) is 3.68. The highest BCUT2D eigenvalue weighted by Gasteiger charge is 2.14. The summed E-state index contributed by atoms with van der Waals surface area (Å²) in [6.45, 7) is 7.62. The highest BCUT2D eigenvalue weighted by Crippen LogP contribution is 2.24. The van der Waals surface area contributed by atoms with Gasteiger partial charge < -0.3 is 11.1 Å². The van der Waals surface area contributed by atoms with E-state index in [1.807, 2.05) is 17.8 Å². The lowest BCUT2D eigenvalue weighted by atomic mass is 10.1. The first kappa shape index (κ1) is 14.3. The van der Waals surface area contributed by atoms with Crippen molar-refractivity contribution in [3.05, 3.63) is 23.9 Å². The zero-order valence-electron chi connectivity index (χ0n) is 10.9. The normalized spacial score (nSPS) is 12.9. The Morgan fingerprint density at radius 3 is 2.82 bits per heavy atom. The number of aromatic nitrogens is 1. The number of hydrogen-bond donors (Lipinski definition) is 2. The highest BCUT2D eigenvalue weighted by molar-refractivity contribution is 7.99. The van der Waals surface area contributed by atoms with Gasteiger partial charge in [0.1, 0.15) is 5.82 Å². The van der Waals surface area contributed by atoms with Gasteiger partial charge in [-0.15, -0.1) is 0 Å². The molecule has 0 saturated carbocycles. The summed E-state index contributed by atoms with van der Waals surface area (Å²) in [5, 5.41) is 4.18. The smallest absolute Gasteiger partial charge is 0.128 e. The van der Waals surface area contributed by atoms with Crippen molar-refractivity contribution in [1.29, 1.82) is 0 Å². The van der Waals surface area contributed by atoms with Gasteiger partial charge in [0.2, 0.25) is 0 Å². The number of anilines is 1. The summed E-state index contributed by atoms with van der Waals surface area (Å²) >= 11 is 1.95. The van der Waals surface area contributed by atoms with E-state index < -0.39 is 0 Å². The summed E-state index contributed by atoms with van der Waals surface area (Å²) in [6.07, 6.45) is 2.87. The van der Waals surface area contributed by atoms with E-state index in [4.69, 9.17) is 5.73 Å². The molecule has 0 aliphatic heterocycles. The molecule has 0 saturated heterocycles. The molecule has 0 bridgehead atoms. The van der Waals surface area contributed by atoms with Crippen LogP contribution in [0.3, 0.4) is 0 Å². The van der Waals surface area contributed by atoms with Gasteiger partial charge >= 0.3 is 0 Å². The van der Waals surface area contributed by atoms with Crippen molar-refractivity contribution in [2.45, 2.75) is 38.5 Å². The molecule has 3 nitrogen and oxygen atoms in total. The maximum atomic E-state index is 5.94. The van der Waals surface area contributed by atoms with Gasteiger partial charge in [0.05, 0.1) is 0 Å². The highest BCUT2D eigenvalue weighted by atomic mass is 32.2. The SMILES string of the molecule is CCCNC(CSC(C)C)c1cccnc1N. The Kier molecular flexibility index (Phi) is 6.37. The maximum Gasteiger partial charge on any atom is 0.128 e. The van der Waals surface area contributed by atoms with Crippen LogP contribution in [-0.4, -0.2) is 22.5 Å². The van der Waals surface area contributed by atoms with E-state index in [-0.39, 0.29) is 0 Å². The lowest BCUT2D eigenvalue weighted by Crippen LogP contribution is -2.25. The zero-order valence-corrected chi connectivity index (χ0v) is 11.8. The van der Waals surface area contributed by atoms with Crippen molar-refractivity contribution in [2.75, 3.05) is 18.0 Å². The van der Waals surface area contributed by atoms with Crippen LogP contribution in [0, 0.1) is 0 Å². The number of thioether (sulfide) groups is 1. The molecule has 3 N–H and O–H groups in total. The third kappa shape index (κ3) is 4.96. The van der Waals surface area contributed by atoms with Crippen LogP contribution < -0.4 is 11.1 Å². The van der Waals surface area contributed by atoms with E-state index in [0.717, 1.165) is 24.3 Å². The average Bonchev–Trinajstić information content (AvgIpc) is 2.30. The predicted octanol–water partition coefficient (Wildman–Crippen LogP) is 2.85. The molecule has 1 aromatic heterocycles. The largest absolute Gasteiger partial charge is 0.383 e. The first-order valence-corrected chi connectivity index (χ1v) is 7.25. The number of rotatable bonds is 7. The van der Waals surface area contributed by atoms with Crippen LogP contribution in [0.2, 0.25) is 0 Å². The monoisotopic (exact) mass is 253 g/mol. The Hall–Kier alpha value is -0.740. The molecule has 1 rings (SSSR count). The van der Waals surface area contributed by atoms with Crippen LogP contribution in [0.25, 0.3) is 0 Å². The molecule has 1 atom stereocenters. The van der Waals surface area contributed by atoms with Crippen LogP contribution in [0.1, 0.15) is 38.8 Å². The van der Waals surface area contributed by atoms with E-state index in [1.54, 1.807) is 6.20 Å². The van der Waals surface area contributed by atoms with Crippen LogP contribution in [-0.2, 0) is 0 Å². The molecular weight excluding hydrogens is 230 g/mol. The van der Waals surface area contributed by atoms with Gasteiger partial charge in [-0.25, -0.2) is 4.98 Å². The lowest BCUT2D eigenvalue weighted by molar-refractivity contribution is 0.577. The van der Waals surface area contributed by atoms with Crippen molar-refractivity contribution in [3.63, 3.8) is 0 Å². The van der Waals surface area contributed by atoms with Crippen molar-refractivity contribution in [3.8, 4) is 0 Å². The quantitative estimate of drug-likeness (QED) is 0.784. The molecule has 0 aromatic carbocycles. The molecule has 0 aliphatic carbocycles. The number of nitrogen functional groups attached to an aromatic ring is 1. The molecule has 0 fully saturated rings. The van der Waals surface area contributed by atoms with Crippen molar-refractivity contribution < 1.29 is 0 Å². The second-order valence-electron chi connectivity index (χ2n) is 4.37. The number of nitrogens with two attached hydrogens (primary N) is 1. The van der Waals surface area contributed by atoms with Gasteiger partial charge in [0, 0.05) is 23.6 Å². The van der Waals surface area contributed by atoms with Crippen molar-refractivity contribution >= 4 is 17.6 Å². The molecule has 0 aliphatic rings. The minimum atomic E-state index is 0.302. The molecule has 17 heavy (non-hydrogen) atoms. The summed E-state index contributed by atoms with van der Waals surface area (Å²) in [4.78, 5) is 4.16. The van der Waals surface area contributed by atoms with Gasteiger partial charge in [-0.1, -0.05) is 26.8 Å². The van der Waals surface area contributed by atoms with Gasteiger partial charge in [0.15, 0.2) is 0 Å². The van der Waals surface area contributed by atoms with Crippen molar-refractivity contribution in [1.82, 2.24) is 10.3 Å². The Balaban J connectivity index is 2.71. The summed E-state index contributed by atoms with van der Waals surface area (Å²) in [7, 11) is 0. The standard InChI is InChI=1S/C13H23N3S/c1-4-7-15-12(9-17-10(2)3)11-6-5-8-16-13(11)14/h5-6,8,10,12,15H,4,7,9H2,1-3H3,(H2,14,16). The summed E-state index contributed by atoms with van der Waals surface area (Å²) in [6, 6.07) is 4.32. The zero-order chi connectivity index (χ0) is 12.7. The molecule has 1 unspecified atom stereocenters. The maximum absolute atomic E-state index is 5.94. The van der Waals surface area contributed by atoms with Gasteiger partial charge in [-0.2, -0.15) is 11.8 Å². The van der Waals surface area contributed by atoms with Crippen molar-refractivity contribution in [2.24, 2.45) is 0 Å². The van der Waals surface area contributed by atoms with Crippen LogP contribution in [0.4, 0.5) is 5.82 Å². The third-order valence-electron chi connectivity index (χ3n) is 2.48. The summed E-state index contributed by atoms with van der Waals surface area (Å²) < 4.78 is 0. The fourth-order valence-corrected chi connectivity index (χ4v) is 2.47. The minimum absolute atomic E-state index is 0.302.